The molecular formula is C15H17N3O2. The van der Waals surface area contributed by atoms with Crippen LogP contribution in [0.5, 0.6) is 0 Å². The molecule has 0 aliphatic rings. The van der Waals surface area contributed by atoms with Crippen molar-refractivity contribution in [2.75, 3.05) is 5.32 Å². The van der Waals surface area contributed by atoms with Gasteiger partial charge in [0.25, 0.3) is 11.5 Å². The van der Waals surface area contributed by atoms with Gasteiger partial charge in [-0.05, 0) is 36.1 Å². The minimum Gasteiger partial charge on any atom is -0.321 e. The van der Waals surface area contributed by atoms with Crippen LogP contribution in [0.4, 0.5) is 5.69 Å². The van der Waals surface area contributed by atoms with Crippen LogP contribution in [0.25, 0.3) is 0 Å². The maximum absolute atomic E-state index is 11.9. The van der Waals surface area contributed by atoms with E-state index < -0.39 is 0 Å². The molecule has 1 heterocycles. The van der Waals surface area contributed by atoms with Crippen molar-refractivity contribution in [1.82, 2.24) is 10.2 Å². The molecule has 2 rings (SSSR count). The smallest absolute Gasteiger partial charge is 0.276 e. The molecule has 0 radical (unpaired) electrons. The van der Waals surface area contributed by atoms with E-state index in [4.69, 9.17) is 0 Å². The van der Waals surface area contributed by atoms with Crippen molar-refractivity contribution in [2.45, 2.75) is 20.3 Å². The van der Waals surface area contributed by atoms with Crippen molar-refractivity contribution in [3.05, 3.63) is 58.0 Å². The van der Waals surface area contributed by atoms with Gasteiger partial charge in [-0.25, -0.2) is 5.10 Å². The molecule has 1 aromatic carbocycles. The SMILES string of the molecule is CC(C)Cc1ccc(NC(=O)c2ccc(=O)[nH]n2)cc1. The largest absolute Gasteiger partial charge is 0.321 e. The maximum Gasteiger partial charge on any atom is 0.276 e. The molecule has 1 aromatic heterocycles. The lowest BCUT2D eigenvalue weighted by molar-refractivity contribution is 0.102. The third-order valence-electron chi connectivity index (χ3n) is 2.77. The Balaban J connectivity index is 2.04. The normalized spacial score (nSPS) is 10.6. The van der Waals surface area contributed by atoms with Crippen LogP contribution in [0.1, 0.15) is 29.9 Å². The standard InChI is InChI=1S/C15H17N3O2/c1-10(2)9-11-3-5-12(6-4-11)16-15(20)13-7-8-14(19)18-17-13/h3-8,10H,9H2,1-2H3,(H,16,20)(H,18,19). The van der Waals surface area contributed by atoms with Crippen molar-refractivity contribution in [1.29, 1.82) is 0 Å². The zero-order chi connectivity index (χ0) is 14.5. The van der Waals surface area contributed by atoms with E-state index in [1.165, 1.54) is 17.7 Å². The molecule has 0 atom stereocenters. The fourth-order valence-electron chi connectivity index (χ4n) is 1.86. The van der Waals surface area contributed by atoms with Gasteiger partial charge < -0.3 is 5.32 Å². The Kier molecular flexibility index (Phi) is 4.30. The number of anilines is 1. The van der Waals surface area contributed by atoms with Crippen molar-refractivity contribution in [3.63, 3.8) is 0 Å². The van der Waals surface area contributed by atoms with E-state index in [9.17, 15) is 9.59 Å². The number of carbonyl (C=O) groups is 1. The van der Waals surface area contributed by atoms with Crippen LogP contribution in [0.2, 0.25) is 0 Å². The molecule has 0 saturated carbocycles. The van der Waals surface area contributed by atoms with E-state index in [-0.39, 0.29) is 17.2 Å². The fraction of sp³-hybridized carbons (Fsp3) is 0.267. The molecule has 0 spiro atoms. The van der Waals surface area contributed by atoms with Crippen LogP contribution in [-0.2, 0) is 6.42 Å². The van der Waals surface area contributed by atoms with Gasteiger partial charge in [0.05, 0.1) is 0 Å². The molecule has 2 aromatic rings. The highest BCUT2D eigenvalue weighted by atomic mass is 16.2. The average molecular weight is 271 g/mol. The first kappa shape index (κ1) is 14.0. The molecule has 20 heavy (non-hydrogen) atoms. The third-order valence-corrected chi connectivity index (χ3v) is 2.77. The van der Waals surface area contributed by atoms with Crippen LogP contribution in [0.15, 0.2) is 41.2 Å². The van der Waals surface area contributed by atoms with E-state index in [1.54, 1.807) is 0 Å². The van der Waals surface area contributed by atoms with Crippen molar-refractivity contribution < 1.29 is 4.79 Å². The summed E-state index contributed by atoms with van der Waals surface area (Å²) in [4.78, 5) is 22.8. The first-order valence-corrected chi connectivity index (χ1v) is 6.50. The second kappa shape index (κ2) is 6.14. The Labute approximate surface area is 117 Å². The lowest BCUT2D eigenvalue weighted by Crippen LogP contribution is -2.17. The molecule has 0 saturated heterocycles. The number of hydrogen-bond donors (Lipinski definition) is 2. The Bertz CT molecular complexity index is 624. The summed E-state index contributed by atoms with van der Waals surface area (Å²) < 4.78 is 0. The number of nitrogens with one attached hydrogen (secondary N) is 2. The highest BCUT2D eigenvalue weighted by Gasteiger charge is 2.07. The second-order valence-electron chi connectivity index (χ2n) is 5.06. The van der Waals surface area contributed by atoms with Crippen molar-refractivity contribution in [3.8, 4) is 0 Å². The van der Waals surface area contributed by atoms with E-state index in [0.29, 0.717) is 11.6 Å². The van der Waals surface area contributed by atoms with Crippen LogP contribution >= 0.6 is 0 Å². The van der Waals surface area contributed by atoms with Gasteiger partial charge in [-0.1, -0.05) is 26.0 Å². The van der Waals surface area contributed by atoms with Crippen molar-refractivity contribution >= 4 is 11.6 Å². The van der Waals surface area contributed by atoms with Crippen LogP contribution < -0.4 is 10.9 Å². The summed E-state index contributed by atoms with van der Waals surface area (Å²) >= 11 is 0. The first-order chi connectivity index (χ1) is 9.54. The van der Waals surface area contributed by atoms with Gasteiger partial charge in [-0.3, -0.25) is 9.59 Å². The Morgan fingerprint density at radius 2 is 1.90 bits per heavy atom. The summed E-state index contributed by atoms with van der Waals surface area (Å²) in [6, 6.07) is 10.4. The quantitative estimate of drug-likeness (QED) is 0.895. The summed E-state index contributed by atoms with van der Waals surface area (Å²) in [5.74, 6) is 0.249. The lowest BCUT2D eigenvalue weighted by Gasteiger charge is -2.07. The number of carbonyl (C=O) groups excluding carboxylic acids is 1. The number of H-pyrrole nitrogens is 1. The van der Waals surface area contributed by atoms with Gasteiger partial charge >= 0.3 is 0 Å². The van der Waals surface area contributed by atoms with E-state index >= 15 is 0 Å². The van der Waals surface area contributed by atoms with Gasteiger partial charge in [-0.15, -0.1) is 0 Å². The van der Waals surface area contributed by atoms with Crippen LogP contribution in [-0.4, -0.2) is 16.1 Å². The predicted molar refractivity (Wildman–Crippen MR) is 77.8 cm³/mol. The minimum absolute atomic E-state index is 0.177. The number of benzene rings is 1. The van der Waals surface area contributed by atoms with E-state index in [2.05, 4.69) is 29.4 Å². The van der Waals surface area contributed by atoms with Gasteiger partial charge in [0.2, 0.25) is 0 Å². The summed E-state index contributed by atoms with van der Waals surface area (Å²) in [5.41, 5.74) is 1.78. The Morgan fingerprint density at radius 1 is 1.20 bits per heavy atom. The molecule has 2 N–H and O–H groups in total. The monoisotopic (exact) mass is 271 g/mol. The molecule has 104 valence electrons. The molecular weight excluding hydrogens is 254 g/mol. The molecule has 1 amide bonds. The van der Waals surface area contributed by atoms with Crippen molar-refractivity contribution in [2.24, 2.45) is 5.92 Å². The minimum atomic E-state index is -0.349. The zero-order valence-corrected chi connectivity index (χ0v) is 11.5. The molecule has 0 bridgehead atoms. The van der Waals surface area contributed by atoms with Gasteiger partial charge in [0, 0.05) is 11.8 Å². The van der Waals surface area contributed by atoms with Gasteiger partial charge in [0.1, 0.15) is 5.69 Å². The summed E-state index contributed by atoms with van der Waals surface area (Å²) in [7, 11) is 0. The highest BCUT2D eigenvalue weighted by molar-refractivity contribution is 6.02. The first-order valence-electron chi connectivity index (χ1n) is 6.50. The zero-order valence-electron chi connectivity index (χ0n) is 11.5. The summed E-state index contributed by atoms with van der Waals surface area (Å²) in [6.45, 7) is 4.33. The number of aromatic amines is 1. The molecule has 0 unspecified atom stereocenters. The highest BCUT2D eigenvalue weighted by Crippen LogP contribution is 2.13. The van der Waals surface area contributed by atoms with E-state index in [1.807, 2.05) is 24.3 Å². The number of aromatic nitrogens is 2. The predicted octanol–water partition coefficient (Wildman–Crippen LogP) is 2.22. The second-order valence-corrected chi connectivity index (χ2v) is 5.06. The van der Waals surface area contributed by atoms with Gasteiger partial charge in [-0.2, -0.15) is 5.10 Å². The molecule has 0 aliphatic heterocycles. The van der Waals surface area contributed by atoms with Crippen LogP contribution in [0, 0.1) is 5.92 Å². The number of nitrogens with zero attached hydrogens (tertiary/aromatic N) is 1. The fourth-order valence-corrected chi connectivity index (χ4v) is 1.86. The lowest BCUT2D eigenvalue weighted by atomic mass is 10.0. The maximum atomic E-state index is 11.9. The molecule has 0 aliphatic carbocycles. The Hall–Kier alpha value is -2.43. The molecule has 5 heteroatoms. The number of rotatable bonds is 4. The Morgan fingerprint density at radius 3 is 2.45 bits per heavy atom. The number of hydrogen-bond acceptors (Lipinski definition) is 3. The molecule has 5 nitrogen and oxygen atoms in total. The molecule has 0 fully saturated rings. The number of amides is 1. The summed E-state index contributed by atoms with van der Waals surface area (Å²) in [6.07, 6.45) is 1.01. The summed E-state index contributed by atoms with van der Waals surface area (Å²) in [5, 5.41) is 8.65. The topological polar surface area (TPSA) is 74.8 Å². The van der Waals surface area contributed by atoms with Gasteiger partial charge in [0.15, 0.2) is 0 Å². The average Bonchev–Trinajstić information content (AvgIpc) is 2.41. The third kappa shape index (κ3) is 3.78. The van der Waals surface area contributed by atoms with Crippen LogP contribution in [0.3, 0.4) is 0 Å². The van der Waals surface area contributed by atoms with E-state index in [0.717, 1.165) is 6.42 Å².